The summed E-state index contributed by atoms with van der Waals surface area (Å²) in [6, 6.07) is 4.15. The Balaban J connectivity index is 2.92. The second kappa shape index (κ2) is 3.07. The minimum atomic E-state index is -0.227. The molecule has 0 saturated carbocycles. The quantitative estimate of drug-likeness (QED) is 0.599. The van der Waals surface area contributed by atoms with E-state index in [1.54, 1.807) is 0 Å². The first-order chi connectivity index (χ1) is 5.33. The van der Waals surface area contributed by atoms with Gasteiger partial charge in [-0.15, -0.1) is 0 Å². The smallest absolute Gasteiger partial charge is 0.100 e. The van der Waals surface area contributed by atoms with Gasteiger partial charge < -0.3 is 5.32 Å². The van der Waals surface area contributed by atoms with Gasteiger partial charge in [-0.25, -0.2) is 0 Å². The molecule has 0 spiro atoms. The molecule has 0 aromatic rings. The fourth-order valence-corrected chi connectivity index (χ4v) is 1.20. The first-order valence-electron chi connectivity index (χ1n) is 3.60. The van der Waals surface area contributed by atoms with Crippen molar-refractivity contribution in [1.29, 1.82) is 10.5 Å². The van der Waals surface area contributed by atoms with Gasteiger partial charge in [0.25, 0.3) is 0 Å². The second-order valence-electron chi connectivity index (χ2n) is 2.42. The van der Waals surface area contributed by atoms with E-state index in [4.69, 9.17) is 10.5 Å². The lowest BCUT2D eigenvalue weighted by atomic mass is 10.0. The molecule has 0 aromatic carbocycles. The molecule has 0 aromatic heterocycles. The van der Waals surface area contributed by atoms with E-state index >= 15 is 0 Å². The van der Waals surface area contributed by atoms with Crippen molar-refractivity contribution in [2.45, 2.75) is 13.3 Å². The largest absolute Gasteiger partial charge is 0.386 e. The Bertz CT molecular complexity index is 264. The van der Waals surface area contributed by atoms with Crippen molar-refractivity contribution in [1.82, 2.24) is 5.32 Å². The molecule has 0 amide bonds. The maximum absolute atomic E-state index is 8.67. The molecule has 3 nitrogen and oxygen atoms in total. The van der Waals surface area contributed by atoms with Crippen LogP contribution in [0.3, 0.4) is 0 Å². The molecule has 1 N–H and O–H groups in total. The normalized spacial score (nSPS) is 22.3. The zero-order valence-electron chi connectivity index (χ0n) is 6.39. The minimum Gasteiger partial charge on any atom is -0.386 e. The van der Waals surface area contributed by atoms with Gasteiger partial charge in [-0.05, 0) is 6.42 Å². The van der Waals surface area contributed by atoms with Crippen molar-refractivity contribution >= 4 is 0 Å². The van der Waals surface area contributed by atoms with Crippen LogP contribution >= 0.6 is 0 Å². The van der Waals surface area contributed by atoms with Gasteiger partial charge in [0.1, 0.15) is 5.92 Å². The number of hydrogen-bond acceptors (Lipinski definition) is 3. The van der Waals surface area contributed by atoms with E-state index in [-0.39, 0.29) is 5.92 Å². The molecular formula is C8H9N3. The molecule has 1 rings (SSSR count). The molecule has 3 heteroatoms. The number of nitriles is 2. The SMILES string of the molecule is CCC1=C(C#N)C(C#N)CN1. The number of nitrogens with zero attached hydrogens (tertiary/aromatic N) is 2. The summed E-state index contributed by atoms with van der Waals surface area (Å²) < 4.78 is 0. The first-order valence-corrected chi connectivity index (χ1v) is 3.60. The number of hydrogen-bond donors (Lipinski definition) is 1. The molecule has 56 valence electrons. The molecule has 1 unspecified atom stereocenters. The molecule has 0 aliphatic carbocycles. The van der Waals surface area contributed by atoms with E-state index in [0.717, 1.165) is 12.1 Å². The van der Waals surface area contributed by atoms with Crippen LogP contribution in [0.15, 0.2) is 11.3 Å². The van der Waals surface area contributed by atoms with Crippen molar-refractivity contribution in [2.75, 3.05) is 6.54 Å². The van der Waals surface area contributed by atoms with Gasteiger partial charge in [0.15, 0.2) is 0 Å². The highest BCUT2D eigenvalue weighted by Gasteiger charge is 2.23. The van der Waals surface area contributed by atoms with Crippen LogP contribution in [0.1, 0.15) is 13.3 Å². The van der Waals surface area contributed by atoms with Gasteiger partial charge >= 0.3 is 0 Å². The number of nitrogens with one attached hydrogen (secondary N) is 1. The van der Waals surface area contributed by atoms with Crippen LogP contribution in [0.5, 0.6) is 0 Å². The topological polar surface area (TPSA) is 59.6 Å². The van der Waals surface area contributed by atoms with Crippen molar-refractivity contribution < 1.29 is 0 Å². The molecule has 1 aliphatic rings. The summed E-state index contributed by atoms with van der Waals surface area (Å²) >= 11 is 0. The second-order valence-corrected chi connectivity index (χ2v) is 2.42. The highest BCUT2D eigenvalue weighted by Crippen LogP contribution is 2.20. The highest BCUT2D eigenvalue weighted by atomic mass is 14.9. The average molecular weight is 147 g/mol. The van der Waals surface area contributed by atoms with Crippen LogP contribution in [0, 0.1) is 28.6 Å². The molecule has 1 atom stereocenters. The lowest BCUT2D eigenvalue weighted by Gasteiger charge is -1.95. The predicted octanol–water partition coefficient (Wildman–Crippen LogP) is 0.917. The summed E-state index contributed by atoms with van der Waals surface area (Å²) in [6.07, 6.45) is 0.807. The van der Waals surface area contributed by atoms with Crippen molar-refractivity contribution in [3.05, 3.63) is 11.3 Å². The highest BCUT2D eigenvalue weighted by molar-refractivity contribution is 5.37. The van der Waals surface area contributed by atoms with Crippen LogP contribution < -0.4 is 5.32 Å². The fraction of sp³-hybridized carbons (Fsp3) is 0.500. The van der Waals surface area contributed by atoms with E-state index < -0.39 is 0 Å². The Morgan fingerprint density at radius 1 is 1.64 bits per heavy atom. The fourth-order valence-electron chi connectivity index (χ4n) is 1.20. The number of allylic oxidation sites excluding steroid dienone is 1. The Hall–Kier alpha value is -1.48. The van der Waals surface area contributed by atoms with Gasteiger partial charge in [-0.2, -0.15) is 10.5 Å². The molecular weight excluding hydrogens is 138 g/mol. The third-order valence-corrected chi connectivity index (χ3v) is 1.82. The summed E-state index contributed by atoms with van der Waals surface area (Å²) in [6.45, 7) is 2.57. The summed E-state index contributed by atoms with van der Waals surface area (Å²) in [5.74, 6) is -0.227. The molecule has 0 fully saturated rings. The van der Waals surface area contributed by atoms with Gasteiger partial charge in [0.2, 0.25) is 0 Å². The average Bonchev–Trinajstić information content (AvgIpc) is 2.45. The van der Waals surface area contributed by atoms with E-state index in [1.807, 2.05) is 6.92 Å². The van der Waals surface area contributed by atoms with Gasteiger partial charge in [-0.3, -0.25) is 0 Å². The van der Waals surface area contributed by atoms with E-state index in [1.165, 1.54) is 0 Å². The van der Waals surface area contributed by atoms with Crippen LogP contribution in [-0.4, -0.2) is 6.54 Å². The van der Waals surface area contributed by atoms with Gasteiger partial charge in [0, 0.05) is 12.2 Å². The lowest BCUT2D eigenvalue weighted by molar-refractivity contribution is 0.763. The summed E-state index contributed by atoms with van der Waals surface area (Å²) in [5.41, 5.74) is 1.55. The minimum absolute atomic E-state index is 0.227. The van der Waals surface area contributed by atoms with Crippen LogP contribution in [0.4, 0.5) is 0 Å². The third kappa shape index (κ3) is 1.18. The first kappa shape index (κ1) is 7.63. The van der Waals surface area contributed by atoms with E-state index in [9.17, 15) is 0 Å². The van der Waals surface area contributed by atoms with Crippen LogP contribution in [0.25, 0.3) is 0 Å². The molecule has 0 radical (unpaired) electrons. The predicted molar refractivity (Wildman–Crippen MR) is 40.0 cm³/mol. The molecule has 1 heterocycles. The Morgan fingerprint density at radius 3 is 2.82 bits per heavy atom. The molecule has 0 bridgehead atoms. The van der Waals surface area contributed by atoms with Crippen LogP contribution in [0.2, 0.25) is 0 Å². The number of rotatable bonds is 1. The molecule has 0 saturated heterocycles. The Kier molecular flexibility index (Phi) is 2.13. The monoisotopic (exact) mass is 147 g/mol. The lowest BCUT2D eigenvalue weighted by Crippen LogP contribution is -2.10. The standard InChI is InChI=1S/C8H9N3/c1-2-8-7(4-10)6(3-9)5-11-8/h6,11H,2,5H2,1H3. The van der Waals surface area contributed by atoms with Crippen molar-refractivity contribution in [3.8, 4) is 12.1 Å². The van der Waals surface area contributed by atoms with E-state index in [2.05, 4.69) is 17.5 Å². The van der Waals surface area contributed by atoms with Crippen LogP contribution in [-0.2, 0) is 0 Å². The third-order valence-electron chi connectivity index (χ3n) is 1.82. The maximum atomic E-state index is 8.67. The molecule has 11 heavy (non-hydrogen) atoms. The summed E-state index contributed by atoms with van der Waals surface area (Å²) in [5, 5.41) is 20.3. The van der Waals surface area contributed by atoms with Gasteiger partial charge in [-0.1, -0.05) is 6.92 Å². The molecule has 1 aliphatic heterocycles. The van der Waals surface area contributed by atoms with Crippen molar-refractivity contribution in [3.63, 3.8) is 0 Å². The Morgan fingerprint density at radius 2 is 2.36 bits per heavy atom. The zero-order chi connectivity index (χ0) is 8.27. The zero-order valence-corrected chi connectivity index (χ0v) is 6.39. The summed E-state index contributed by atoms with van der Waals surface area (Å²) in [4.78, 5) is 0. The maximum Gasteiger partial charge on any atom is 0.100 e. The Labute approximate surface area is 65.9 Å². The van der Waals surface area contributed by atoms with Gasteiger partial charge in [0.05, 0.1) is 17.7 Å². The van der Waals surface area contributed by atoms with Crippen molar-refractivity contribution in [2.24, 2.45) is 5.92 Å². The van der Waals surface area contributed by atoms with E-state index in [0.29, 0.717) is 12.1 Å². The summed E-state index contributed by atoms with van der Waals surface area (Å²) in [7, 11) is 0.